The number of H-pyrrole nitrogens is 1. The van der Waals surface area contributed by atoms with E-state index in [9.17, 15) is 0 Å². The zero-order valence-corrected chi connectivity index (χ0v) is 18.2. The Morgan fingerprint density at radius 3 is 2.73 bits per heavy atom. The van der Waals surface area contributed by atoms with E-state index in [2.05, 4.69) is 51.4 Å². The minimum atomic E-state index is 0.697. The number of anilines is 2. The number of ether oxygens (including phenoxy) is 1. The van der Waals surface area contributed by atoms with Gasteiger partial charge in [-0.05, 0) is 25.3 Å². The first kappa shape index (κ1) is 21.8. The fourth-order valence-corrected chi connectivity index (χ4v) is 3.44. The average Bonchev–Trinajstić information content (AvgIpc) is 3.17. The molecule has 0 aliphatic heterocycles. The van der Waals surface area contributed by atoms with E-state index in [0.717, 1.165) is 66.9 Å². The van der Waals surface area contributed by atoms with Crippen LogP contribution < -0.4 is 10.3 Å². The predicted octanol–water partition coefficient (Wildman–Crippen LogP) is 4.61. The van der Waals surface area contributed by atoms with Crippen molar-refractivity contribution in [2.24, 2.45) is 5.10 Å². The molecule has 0 aliphatic rings. The van der Waals surface area contributed by atoms with Crippen molar-refractivity contribution in [3.63, 3.8) is 0 Å². The van der Waals surface area contributed by atoms with Crippen molar-refractivity contribution in [1.29, 1.82) is 0 Å². The number of methoxy groups -OCH3 is 1. The molecule has 0 bridgehead atoms. The number of nitrogens with zero attached hydrogens (tertiary/aromatic N) is 4. The number of hydrogen-bond acceptors (Lipinski definition) is 6. The number of rotatable bonds is 12. The second-order valence-electron chi connectivity index (χ2n) is 7.27. The third-order valence-corrected chi connectivity index (χ3v) is 4.82. The van der Waals surface area contributed by atoms with Crippen molar-refractivity contribution in [3.05, 3.63) is 47.9 Å². The van der Waals surface area contributed by atoms with Gasteiger partial charge in [0, 0.05) is 62.0 Å². The molecule has 160 valence electrons. The molecule has 0 saturated heterocycles. The number of nitrogens with one attached hydrogen (secondary N) is 2. The van der Waals surface area contributed by atoms with Crippen LogP contribution in [0.25, 0.3) is 10.9 Å². The first-order valence-electron chi connectivity index (χ1n) is 10.7. The van der Waals surface area contributed by atoms with Crippen molar-refractivity contribution in [1.82, 2.24) is 15.0 Å². The number of fused-ring (bicyclic) bond motifs is 1. The summed E-state index contributed by atoms with van der Waals surface area (Å²) in [7, 11) is 1.72. The molecule has 2 N–H and O–H groups in total. The summed E-state index contributed by atoms with van der Waals surface area (Å²) in [5.41, 5.74) is 5.23. The van der Waals surface area contributed by atoms with E-state index in [0.29, 0.717) is 12.4 Å². The third kappa shape index (κ3) is 5.79. The fraction of sp³-hybridized carbons (Fsp3) is 0.435. The van der Waals surface area contributed by atoms with Gasteiger partial charge in [0.25, 0.3) is 0 Å². The van der Waals surface area contributed by atoms with E-state index in [1.165, 1.54) is 0 Å². The highest BCUT2D eigenvalue weighted by Gasteiger charge is 2.11. The molecule has 0 aliphatic carbocycles. The van der Waals surface area contributed by atoms with Crippen LogP contribution in [0.2, 0.25) is 0 Å². The monoisotopic (exact) mass is 408 g/mol. The van der Waals surface area contributed by atoms with E-state index in [1.54, 1.807) is 7.11 Å². The minimum Gasteiger partial charge on any atom is -0.385 e. The summed E-state index contributed by atoms with van der Waals surface area (Å²) in [6, 6.07) is 10.2. The molecule has 0 atom stereocenters. The van der Waals surface area contributed by atoms with Gasteiger partial charge in [0.15, 0.2) is 5.82 Å². The van der Waals surface area contributed by atoms with Gasteiger partial charge in [-0.2, -0.15) is 5.10 Å². The van der Waals surface area contributed by atoms with Crippen molar-refractivity contribution in [2.75, 3.05) is 37.1 Å². The molecule has 1 aromatic carbocycles. The fourth-order valence-electron chi connectivity index (χ4n) is 3.44. The maximum atomic E-state index is 5.18. The van der Waals surface area contributed by atoms with E-state index >= 15 is 0 Å². The van der Waals surface area contributed by atoms with Gasteiger partial charge in [0.2, 0.25) is 0 Å². The van der Waals surface area contributed by atoms with E-state index in [1.807, 2.05) is 30.6 Å². The van der Waals surface area contributed by atoms with Crippen LogP contribution in [0.1, 0.15) is 44.5 Å². The van der Waals surface area contributed by atoms with Crippen LogP contribution in [0.15, 0.2) is 41.6 Å². The number of para-hydroxylation sites is 1. The summed E-state index contributed by atoms with van der Waals surface area (Å²) in [5.74, 6) is 2.47. The number of aromatic amines is 1. The second kappa shape index (κ2) is 11.3. The lowest BCUT2D eigenvalue weighted by Gasteiger charge is -2.23. The SMILES string of the molecule is CCCN(CCC)c1cc(N/N=C/c2c[nH]c3ccccc23)nc(CCCOC)n1. The lowest BCUT2D eigenvalue weighted by atomic mass is 10.2. The Balaban J connectivity index is 1.80. The zero-order valence-electron chi connectivity index (χ0n) is 18.2. The van der Waals surface area contributed by atoms with E-state index < -0.39 is 0 Å². The molecular formula is C23H32N6O. The van der Waals surface area contributed by atoms with E-state index in [4.69, 9.17) is 9.72 Å². The molecule has 0 amide bonds. The molecule has 2 heterocycles. The molecule has 0 saturated carbocycles. The Labute approximate surface area is 178 Å². The van der Waals surface area contributed by atoms with Crippen molar-refractivity contribution in [2.45, 2.75) is 39.5 Å². The van der Waals surface area contributed by atoms with Crippen LogP contribution in [0.5, 0.6) is 0 Å². The Morgan fingerprint density at radius 1 is 1.17 bits per heavy atom. The van der Waals surface area contributed by atoms with Crippen LogP contribution in [-0.2, 0) is 11.2 Å². The molecule has 7 heteroatoms. The molecule has 0 radical (unpaired) electrons. The lowest BCUT2D eigenvalue weighted by Crippen LogP contribution is -2.26. The van der Waals surface area contributed by atoms with Crippen LogP contribution in [0, 0.1) is 0 Å². The number of hydrazone groups is 1. The number of aryl methyl sites for hydroxylation is 1. The Kier molecular flexibility index (Phi) is 8.20. The summed E-state index contributed by atoms with van der Waals surface area (Å²) in [6.45, 7) is 7.02. The molecule has 0 fully saturated rings. The number of benzene rings is 1. The molecule has 2 aromatic heterocycles. The predicted molar refractivity (Wildman–Crippen MR) is 125 cm³/mol. The summed E-state index contributed by atoms with van der Waals surface area (Å²) in [4.78, 5) is 15.0. The highest BCUT2D eigenvalue weighted by Crippen LogP contribution is 2.19. The third-order valence-electron chi connectivity index (χ3n) is 4.82. The van der Waals surface area contributed by atoms with Gasteiger partial charge in [-0.3, -0.25) is 5.43 Å². The van der Waals surface area contributed by atoms with Gasteiger partial charge in [-0.1, -0.05) is 32.0 Å². The van der Waals surface area contributed by atoms with Crippen molar-refractivity contribution in [3.8, 4) is 0 Å². The molecule has 0 unspecified atom stereocenters. The van der Waals surface area contributed by atoms with Crippen LogP contribution in [-0.4, -0.2) is 48.0 Å². The zero-order chi connectivity index (χ0) is 21.2. The normalized spacial score (nSPS) is 11.4. The first-order chi connectivity index (χ1) is 14.7. The molecule has 3 rings (SSSR count). The topological polar surface area (TPSA) is 78.4 Å². The molecular weight excluding hydrogens is 376 g/mol. The van der Waals surface area contributed by atoms with Gasteiger partial charge in [0.1, 0.15) is 11.6 Å². The van der Waals surface area contributed by atoms with Gasteiger partial charge in [0.05, 0.1) is 6.21 Å². The Hall–Kier alpha value is -2.93. The maximum Gasteiger partial charge on any atom is 0.152 e. The van der Waals surface area contributed by atoms with Gasteiger partial charge >= 0.3 is 0 Å². The standard InChI is InChI=1S/C23H32N6O/c1-4-12-29(13-5-2)23-15-22(26-21(27-23)11-8-14-30-3)28-25-17-18-16-24-20-10-7-6-9-19(18)20/h6-7,9-10,15-17,24H,4-5,8,11-14H2,1-3H3,(H,26,27,28)/b25-17+. The molecule has 0 spiro atoms. The maximum absolute atomic E-state index is 5.18. The van der Waals surface area contributed by atoms with Crippen molar-refractivity contribution < 1.29 is 4.74 Å². The van der Waals surface area contributed by atoms with Crippen molar-refractivity contribution >= 4 is 28.8 Å². The summed E-state index contributed by atoms with van der Waals surface area (Å²) >= 11 is 0. The van der Waals surface area contributed by atoms with Crippen LogP contribution in [0.3, 0.4) is 0 Å². The van der Waals surface area contributed by atoms with Gasteiger partial charge in [-0.15, -0.1) is 0 Å². The molecule has 3 aromatic rings. The number of hydrogen-bond donors (Lipinski definition) is 2. The molecule has 7 nitrogen and oxygen atoms in total. The number of aromatic nitrogens is 3. The minimum absolute atomic E-state index is 0.697. The quantitative estimate of drug-likeness (QED) is 0.260. The first-order valence-corrected chi connectivity index (χ1v) is 10.7. The highest BCUT2D eigenvalue weighted by atomic mass is 16.5. The second-order valence-corrected chi connectivity index (χ2v) is 7.27. The molecule has 30 heavy (non-hydrogen) atoms. The lowest BCUT2D eigenvalue weighted by molar-refractivity contribution is 0.194. The van der Waals surface area contributed by atoms with Crippen LogP contribution >= 0.6 is 0 Å². The Bertz CT molecular complexity index is 946. The smallest absolute Gasteiger partial charge is 0.152 e. The Morgan fingerprint density at radius 2 is 1.97 bits per heavy atom. The summed E-state index contributed by atoms with van der Waals surface area (Å²) in [6.07, 6.45) is 7.59. The summed E-state index contributed by atoms with van der Waals surface area (Å²) < 4.78 is 5.18. The van der Waals surface area contributed by atoms with Gasteiger partial charge in [-0.25, -0.2) is 9.97 Å². The summed E-state index contributed by atoms with van der Waals surface area (Å²) in [5, 5.41) is 5.58. The highest BCUT2D eigenvalue weighted by molar-refractivity contribution is 5.99. The van der Waals surface area contributed by atoms with Crippen LogP contribution in [0.4, 0.5) is 11.6 Å². The largest absolute Gasteiger partial charge is 0.385 e. The average molecular weight is 409 g/mol. The van der Waals surface area contributed by atoms with Gasteiger partial charge < -0.3 is 14.6 Å². The van der Waals surface area contributed by atoms with E-state index in [-0.39, 0.29) is 0 Å².